The molecule has 1 fully saturated rings. The Hall–Kier alpha value is -0.860. The molecular formula is C10H12ClN3O3S2. The summed E-state index contributed by atoms with van der Waals surface area (Å²) in [6, 6.07) is -0.374. The van der Waals surface area contributed by atoms with E-state index in [1.807, 2.05) is 0 Å². The second kappa shape index (κ2) is 5.64. The maximum absolute atomic E-state index is 12.0. The summed E-state index contributed by atoms with van der Waals surface area (Å²) in [4.78, 5) is 20.0. The van der Waals surface area contributed by atoms with Crippen LogP contribution in [0.4, 0.5) is 0 Å². The Morgan fingerprint density at radius 2 is 2.32 bits per heavy atom. The molecule has 9 heteroatoms. The Bertz CT molecular complexity index is 606. The molecule has 2 rings (SSSR count). The summed E-state index contributed by atoms with van der Waals surface area (Å²) in [6.07, 6.45) is 3.57. The van der Waals surface area contributed by atoms with E-state index < -0.39 is 15.7 Å². The lowest BCUT2D eigenvalue weighted by molar-refractivity contribution is 0.0935. The van der Waals surface area contributed by atoms with Gasteiger partial charge in [0, 0.05) is 6.04 Å². The van der Waals surface area contributed by atoms with Crippen LogP contribution in [0, 0.1) is 0 Å². The maximum Gasteiger partial charge on any atom is 0.271 e. The van der Waals surface area contributed by atoms with Gasteiger partial charge in [-0.2, -0.15) is 0 Å². The first kappa shape index (κ1) is 14.5. The van der Waals surface area contributed by atoms with E-state index in [1.165, 1.54) is 18.0 Å². The van der Waals surface area contributed by atoms with Crippen LogP contribution in [0.3, 0.4) is 0 Å². The van der Waals surface area contributed by atoms with Gasteiger partial charge >= 0.3 is 0 Å². The van der Waals surface area contributed by atoms with Crippen molar-refractivity contribution in [2.75, 3.05) is 17.8 Å². The van der Waals surface area contributed by atoms with Gasteiger partial charge in [0.05, 0.1) is 22.7 Å². The van der Waals surface area contributed by atoms with Crippen molar-refractivity contribution in [3.8, 4) is 0 Å². The molecule has 1 N–H and O–H groups in total. The number of halogens is 1. The van der Waals surface area contributed by atoms with Gasteiger partial charge in [0.15, 0.2) is 20.7 Å². The van der Waals surface area contributed by atoms with Crippen molar-refractivity contribution in [1.82, 2.24) is 15.3 Å². The topological polar surface area (TPSA) is 89.0 Å². The highest BCUT2D eigenvalue weighted by atomic mass is 35.5. The van der Waals surface area contributed by atoms with Crippen molar-refractivity contribution in [3.05, 3.63) is 16.9 Å². The van der Waals surface area contributed by atoms with Gasteiger partial charge in [-0.05, 0) is 12.7 Å². The minimum atomic E-state index is -3.03. The first-order chi connectivity index (χ1) is 8.91. The monoisotopic (exact) mass is 321 g/mol. The zero-order chi connectivity index (χ0) is 14.0. The van der Waals surface area contributed by atoms with Crippen LogP contribution in [0.2, 0.25) is 5.02 Å². The minimum absolute atomic E-state index is 0.0309. The molecule has 0 spiro atoms. The van der Waals surface area contributed by atoms with Crippen molar-refractivity contribution in [3.63, 3.8) is 0 Å². The lowest BCUT2D eigenvalue weighted by Gasteiger charge is -2.11. The second-order valence-corrected chi connectivity index (χ2v) is 7.54. The number of hydrogen-bond donors (Lipinski definition) is 1. The van der Waals surface area contributed by atoms with Crippen LogP contribution in [0.15, 0.2) is 11.4 Å². The highest BCUT2D eigenvalue weighted by Crippen LogP contribution is 2.18. The third kappa shape index (κ3) is 3.58. The lowest BCUT2D eigenvalue weighted by atomic mass is 10.2. The second-order valence-electron chi connectivity index (χ2n) is 4.13. The Morgan fingerprint density at radius 1 is 1.58 bits per heavy atom. The van der Waals surface area contributed by atoms with Crippen LogP contribution in [0.25, 0.3) is 0 Å². The number of aromatic nitrogens is 2. The first-order valence-electron chi connectivity index (χ1n) is 5.49. The fraction of sp³-hybridized carbons (Fsp3) is 0.500. The van der Waals surface area contributed by atoms with Crippen LogP contribution in [0.1, 0.15) is 16.9 Å². The molecule has 1 aromatic heterocycles. The predicted octanol–water partition coefficient (Wildman–Crippen LogP) is 0.769. The van der Waals surface area contributed by atoms with Gasteiger partial charge in [-0.15, -0.1) is 0 Å². The molecule has 6 nitrogen and oxygen atoms in total. The third-order valence-electron chi connectivity index (χ3n) is 2.69. The largest absolute Gasteiger partial charge is 0.347 e. The van der Waals surface area contributed by atoms with Crippen molar-refractivity contribution < 1.29 is 13.2 Å². The predicted molar refractivity (Wildman–Crippen MR) is 73.3 cm³/mol. The SMILES string of the molecule is CSc1ncc(Cl)c(C(=O)N[C@H]2CCS(=O)(=O)C2)n1. The fourth-order valence-electron chi connectivity index (χ4n) is 1.77. The summed E-state index contributed by atoms with van der Waals surface area (Å²) in [5, 5.41) is 3.23. The number of thioether (sulfide) groups is 1. The number of hydrogen-bond acceptors (Lipinski definition) is 6. The van der Waals surface area contributed by atoms with Crippen LogP contribution < -0.4 is 5.32 Å². The lowest BCUT2D eigenvalue weighted by Crippen LogP contribution is -2.36. The van der Waals surface area contributed by atoms with E-state index in [0.29, 0.717) is 11.6 Å². The normalized spacial score (nSPS) is 21.3. The average molecular weight is 322 g/mol. The van der Waals surface area contributed by atoms with Gasteiger partial charge in [0.25, 0.3) is 5.91 Å². The molecule has 0 aromatic carbocycles. The van der Waals surface area contributed by atoms with E-state index in [9.17, 15) is 13.2 Å². The number of amides is 1. The summed E-state index contributed by atoms with van der Waals surface area (Å²) < 4.78 is 22.6. The Balaban J connectivity index is 2.12. The molecule has 2 heterocycles. The van der Waals surface area contributed by atoms with Crippen molar-refractivity contribution in [2.45, 2.75) is 17.6 Å². The van der Waals surface area contributed by atoms with Crippen LogP contribution in [-0.2, 0) is 9.84 Å². The number of carbonyl (C=O) groups excluding carboxylic acids is 1. The molecule has 1 aromatic rings. The van der Waals surface area contributed by atoms with Crippen molar-refractivity contribution >= 4 is 39.1 Å². The zero-order valence-corrected chi connectivity index (χ0v) is 12.5. The van der Waals surface area contributed by atoms with Gasteiger partial charge in [-0.1, -0.05) is 23.4 Å². The molecule has 1 saturated heterocycles. The fourth-order valence-corrected chi connectivity index (χ4v) is 3.96. The van der Waals surface area contributed by atoms with E-state index in [1.54, 1.807) is 6.26 Å². The smallest absolute Gasteiger partial charge is 0.271 e. The minimum Gasteiger partial charge on any atom is -0.347 e. The molecule has 0 aliphatic carbocycles. The molecule has 1 atom stereocenters. The van der Waals surface area contributed by atoms with E-state index in [0.717, 1.165) is 0 Å². The van der Waals surface area contributed by atoms with Crippen LogP contribution in [-0.4, -0.2) is 48.1 Å². The standard InChI is InChI=1S/C10H12ClN3O3S2/c1-18-10-12-4-7(11)8(14-10)9(15)13-6-2-3-19(16,17)5-6/h4,6H,2-3,5H2,1H3,(H,13,15)/t6-/m0/s1. The van der Waals surface area contributed by atoms with Crippen LogP contribution >= 0.6 is 23.4 Å². The molecule has 0 radical (unpaired) electrons. The van der Waals surface area contributed by atoms with E-state index in [4.69, 9.17) is 11.6 Å². The van der Waals surface area contributed by atoms with Gasteiger partial charge in [-0.25, -0.2) is 18.4 Å². The number of rotatable bonds is 3. The quantitative estimate of drug-likeness (QED) is 0.653. The molecule has 1 amide bonds. The van der Waals surface area contributed by atoms with E-state index in [-0.39, 0.29) is 28.3 Å². The molecule has 0 bridgehead atoms. The summed E-state index contributed by atoms with van der Waals surface area (Å²) >= 11 is 7.17. The summed E-state index contributed by atoms with van der Waals surface area (Å²) in [6.45, 7) is 0. The Kier molecular flexibility index (Phi) is 4.32. The van der Waals surface area contributed by atoms with E-state index >= 15 is 0 Å². The first-order valence-corrected chi connectivity index (χ1v) is 8.91. The average Bonchev–Trinajstić information content (AvgIpc) is 2.69. The number of nitrogens with zero attached hydrogens (tertiary/aromatic N) is 2. The number of nitrogens with one attached hydrogen (secondary N) is 1. The van der Waals surface area contributed by atoms with Crippen molar-refractivity contribution in [1.29, 1.82) is 0 Å². The zero-order valence-electron chi connectivity index (χ0n) is 10.1. The van der Waals surface area contributed by atoms with Crippen LogP contribution in [0.5, 0.6) is 0 Å². The molecule has 0 saturated carbocycles. The van der Waals surface area contributed by atoms with Gasteiger partial charge < -0.3 is 5.32 Å². The highest BCUT2D eigenvalue weighted by molar-refractivity contribution is 7.98. The van der Waals surface area contributed by atoms with Crippen molar-refractivity contribution in [2.24, 2.45) is 0 Å². The molecule has 1 aliphatic heterocycles. The van der Waals surface area contributed by atoms with Gasteiger partial charge in [0.2, 0.25) is 0 Å². The molecule has 1 aliphatic rings. The Labute approximate surface area is 120 Å². The molecule has 104 valence electrons. The molecular weight excluding hydrogens is 310 g/mol. The van der Waals surface area contributed by atoms with Gasteiger partial charge in [-0.3, -0.25) is 4.79 Å². The Morgan fingerprint density at radius 3 is 2.89 bits per heavy atom. The number of carbonyl (C=O) groups is 1. The highest BCUT2D eigenvalue weighted by Gasteiger charge is 2.29. The number of sulfone groups is 1. The summed E-state index contributed by atoms with van der Waals surface area (Å²) in [5.74, 6) is -0.396. The van der Waals surface area contributed by atoms with Gasteiger partial charge in [0.1, 0.15) is 0 Å². The third-order valence-corrected chi connectivity index (χ3v) is 5.29. The maximum atomic E-state index is 12.0. The summed E-state index contributed by atoms with van der Waals surface area (Å²) in [7, 11) is -3.03. The summed E-state index contributed by atoms with van der Waals surface area (Å²) in [5.41, 5.74) is 0.0744. The molecule has 19 heavy (non-hydrogen) atoms. The van der Waals surface area contributed by atoms with E-state index in [2.05, 4.69) is 15.3 Å². The molecule has 0 unspecified atom stereocenters.